The molecule has 8 heteroatoms. The Hall–Kier alpha value is -3.39. The molecule has 1 aliphatic heterocycles. The smallest absolute Gasteiger partial charge is 0.407 e. The first-order chi connectivity index (χ1) is 16.5. The van der Waals surface area contributed by atoms with E-state index in [0.29, 0.717) is 13.0 Å². The van der Waals surface area contributed by atoms with Crippen molar-refractivity contribution in [3.8, 4) is 11.1 Å². The van der Waals surface area contributed by atoms with Crippen molar-refractivity contribution in [3.05, 3.63) is 59.7 Å². The van der Waals surface area contributed by atoms with E-state index in [4.69, 9.17) is 9.47 Å². The van der Waals surface area contributed by atoms with Crippen molar-refractivity contribution in [1.82, 2.24) is 10.2 Å². The molecule has 1 heterocycles. The number of alkyl carbamates (subject to hydrolysis) is 1. The first kappa shape index (κ1) is 23.8. The van der Waals surface area contributed by atoms with Gasteiger partial charge in [-0.3, -0.25) is 9.59 Å². The van der Waals surface area contributed by atoms with Crippen molar-refractivity contribution < 1.29 is 29.0 Å². The van der Waals surface area contributed by atoms with Gasteiger partial charge in [0.2, 0.25) is 5.91 Å². The molecule has 34 heavy (non-hydrogen) atoms. The summed E-state index contributed by atoms with van der Waals surface area (Å²) in [6, 6.07) is 16.3. The summed E-state index contributed by atoms with van der Waals surface area (Å²) in [6.45, 7) is 3.08. The monoisotopic (exact) mass is 466 g/mol. The predicted octanol–water partition coefficient (Wildman–Crippen LogP) is 3.11. The Morgan fingerprint density at radius 3 is 2.35 bits per heavy atom. The number of carbonyl (C=O) groups excluding carboxylic acids is 2. The molecule has 180 valence electrons. The highest BCUT2D eigenvalue weighted by molar-refractivity contribution is 5.80. The normalized spacial score (nSPS) is 19.3. The van der Waals surface area contributed by atoms with Crippen LogP contribution in [0.15, 0.2) is 48.5 Å². The second-order valence-electron chi connectivity index (χ2n) is 8.86. The molecule has 0 saturated carbocycles. The number of benzene rings is 2. The number of likely N-dealkylation sites (tertiary alicyclic amines) is 1. The molecule has 0 radical (unpaired) electrons. The van der Waals surface area contributed by atoms with Gasteiger partial charge in [-0.15, -0.1) is 0 Å². The SMILES string of the molecule is CC1CCN(C(=O)COCCNC(=O)OCC2c3ccccc3-c3ccccc32)CC1C(=O)O. The van der Waals surface area contributed by atoms with Crippen LogP contribution in [0.25, 0.3) is 11.1 Å². The topological polar surface area (TPSA) is 105 Å². The molecule has 8 nitrogen and oxygen atoms in total. The van der Waals surface area contributed by atoms with Crippen LogP contribution < -0.4 is 5.32 Å². The summed E-state index contributed by atoms with van der Waals surface area (Å²) in [5, 5.41) is 11.9. The number of piperidine rings is 1. The molecular formula is C26H30N2O6. The summed E-state index contributed by atoms with van der Waals surface area (Å²) in [6.07, 6.45) is 0.123. The van der Waals surface area contributed by atoms with Gasteiger partial charge in [0.1, 0.15) is 13.2 Å². The number of carboxylic acid groups (broad SMARTS) is 1. The summed E-state index contributed by atoms with van der Waals surface area (Å²) in [5.74, 6) is -1.62. The molecule has 2 amide bonds. The maximum Gasteiger partial charge on any atom is 0.407 e. The fraction of sp³-hybridized carbons (Fsp3) is 0.423. The van der Waals surface area contributed by atoms with Gasteiger partial charge in [-0.25, -0.2) is 4.79 Å². The molecule has 2 aliphatic rings. The van der Waals surface area contributed by atoms with E-state index in [0.717, 1.165) is 11.1 Å². The third kappa shape index (κ3) is 5.22. The summed E-state index contributed by atoms with van der Waals surface area (Å²) >= 11 is 0. The van der Waals surface area contributed by atoms with Gasteiger partial charge in [0, 0.05) is 25.6 Å². The number of rotatable bonds is 8. The number of nitrogens with one attached hydrogen (secondary N) is 1. The predicted molar refractivity (Wildman–Crippen MR) is 125 cm³/mol. The average Bonchev–Trinajstić information content (AvgIpc) is 3.16. The van der Waals surface area contributed by atoms with Gasteiger partial charge in [0.25, 0.3) is 0 Å². The van der Waals surface area contributed by atoms with Crippen LogP contribution in [0.4, 0.5) is 4.79 Å². The number of nitrogens with zero attached hydrogens (tertiary/aromatic N) is 1. The van der Waals surface area contributed by atoms with E-state index < -0.39 is 18.0 Å². The standard InChI is InChI=1S/C26H30N2O6/c1-17-10-12-28(14-22(17)25(30)31)24(29)16-33-13-11-27-26(32)34-15-23-20-8-4-2-6-18(20)19-7-3-5-9-21(19)23/h2-9,17,22-23H,10-16H2,1H3,(H,27,32)(H,30,31). The van der Waals surface area contributed by atoms with E-state index in [2.05, 4.69) is 29.6 Å². The molecular weight excluding hydrogens is 436 g/mol. The molecule has 2 aromatic rings. The van der Waals surface area contributed by atoms with Gasteiger partial charge in [0.15, 0.2) is 0 Å². The van der Waals surface area contributed by atoms with E-state index >= 15 is 0 Å². The highest BCUT2D eigenvalue weighted by atomic mass is 16.5. The molecule has 2 unspecified atom stereocenters. The first-order valence-corrected chi connectivity index (χ1v) is 11.6. The van der Waals surface area contributed by atoms with E-state index in [1.165, 1.54) is 16.0 Å². The number of fused-ring (bicyclic) bond motifs is 3. The summed E-state index contributed by atoms with van der Waals surface area (Å²) in [5.41, 5.74) is 4.64. The first-order valence-electron chi connectivity index (χ1n) is 11.6. The minimum Gasteiger partial charge on any atom is -0.481 e. The Bertz CT molecular complexity index is 1010. The van der Waals surface area contributed by atoms with Crippen molar-refractivity contribution in [1.29, 1.82) is 0 Å². The van der Waals surface area contributed by atoms with Gasteiger partial charge in [0.05, 0.1) is 12.5 Å². The van der Waals surface area contributed by atoms with Crippen molar-refractivity contribution in [2.75, 3.05) is 39.5 Å². The van der Waals surface area contributed by atoms with Crippen LogP contribution in [0.5, 0.6) is 0 Å². The molecule has 0 bridgehead atoms. The third-order valence-electron chi connectivity index (χ3n) is 6.71. The van der Waals surface area contributed by atoms with Crippen LogP contribution in [0.1, 0.15) is 30.4 Å². The summed E-state index contributed by atoms with van der Waals surface area (Å²) < 4.78 is 10.9. The largest absolute Gasteiger partial charge is 0.481 e. The molecule has 1 saturated heterocycles. The van der Waals surface area contributed by atoms with Gasteiger partial charge < -0.3 is 24.8 Å². The molecule has 2 atom stereocenters. The molecule has 0 aromatic heterocycles. The molecule has 2 N–H and O–H groups in total. The van der Waals surface area contributed by atoms with E-state index in [1.807, 2.05) is 31.2 Å². The van der Waals surface area contributed by atoms with Crippen LogP contribution >= 0.6 is 0 Å². The quantitative estimate of drug-likeness (QED) is 0.579. The molecule has 1 aliphatic carbocycles. The second kappa shape index (κ2) is 10.7. The van der Waals surface area contributed by atoms with Crippen LogP contribution in [0, 0.1) is 11.8 Å². The van der Waals surface area contributed by atoms with Crippen LogP contribution in [-0.2, 0) is 19.1 Å². The van der Waals surface area contributed by atoms with Gasteiger partial charge in [-0.05, 0) is 34.6 Å². The Labute approximate surface area is 198 Å². The average molecular weight is 467 g/mol. The van der Waals surface area contributed by atoms with Gasteiger partial charge in [-0.2, -0.15) is 0 Å². The van der Waals surface area contributed by atoms with Crippen LogP contribution in [0.2, 0.25) is 0 Å². The highest BCUT2D eigenvalue weighted by Crippen LogP contribution is 2.44. The fourth-order valence-corrected chi connectivity index (χ4v) is 4.74. The number of carboxylic acids is 1. The number of hydrogen-bond donors (Lipinski definition) is 2. The third-order valence-corrected chi connectivity index (χ3v) is 6.71. The number of hydrogen-bond acceptors (Lipinski definition) is 5. The summed E-state index contributed by atoms with van der Waals surface area (Å²) in [7, 11) is 0. The zero-order valence-corrected chi connectivity index (χ0v) is 19.2. The Kier molecular flexibility index (Phi) is 7.47. The van der Waals surface area contributed by atoms with E-state index in [1.54, 1.807) is 0 Å². The van der Waals surface area contributed by atoms with Crippen molar-refractivity contribution in [3.63, 3.8) is 0 Å². The second-order valence-corrected chi connectivity index (χ2v) is 8.86. The lowest BCUT2D eigenvalue weighted by Crippen LogP contribution is -2.47. The maximum atomic E-state index is 12.3. The van der Waals surface area contributed by atoms with Crippen molar-refractivity contribution in [2.24, 2.45) is 11.8 Å². The zero-order chi connectivity index (χ0) is 24.1. The summed E-state index contributed by atoms with van der Waals surface area (Å²) in [4.78, 5) is 37.4. The Morgan fingerprint density at radius 2 is 1.71 bits per heavy atom. The molecule has 0 spiro atoms. The maximum absolute atomic E-state index is 12.3. The Balaban J connectivity index is 1.17. The number of aliphatic carboxylic acids is 1. The lowest BCUT2D eigenvalue weighted by Gasteiger charge is -2.34. The molecule has 4 rings (SSSR count). The molecule has 2 aromatic carbocycles. The van der Waals surface area contributed by atoms with Crippen molar-refractivity contribution >= 4 is 18.0 Å². The Morgan fingerprint density at radius 1 is 1.06 bits per heavy atom. The van der Waals surface area contributed by atoms with Crippen LogP contribution in [-0.4, -0.2) is 67.4 Å². The number of ether oxygens (including phenoxy) is 2. The lowest BCUT2D eigenvalue weighted by atomic mass is 9.87. The zero-order valence-electron chi connectivity index (χ0n) is 19.2. The van der Waals surface area contributed by atoms with E-state index in [-0.39, 0.29) is 50.7 Å². The fourth-order valence-electron chi connectivity index (χ4n) is 4.74. The number of amides is 2. The molecule has 1 fully saturated rings. The minimum atomic E-state index is -0.877. The van der Waals surface area contributed by atoms with Gasteiger partial charge in [-0.1, -0.05) is 55.5 Å². The highest BCUT2D eigenvalue weighted by Gasteiger charge is 2.33. The van der Waals surface area contributed by atoms with Gasteiger partial charge >= 0.3 is 12.1 Å². The van der Waals surface area contributed by atoms with E-state index in [9.17, 15) is 19.5 Å². The minimum absolute atomic E-state index is 0.00564. The number of carbonyl (C=O) groups is 3. The van der Waals surface area contributed by atoms with Crippen LogP contribution in [0.3, 0.4) is 0 Å². The lowest BCUT2D eigenvalue weighted by molar-refractivity contribution is -0.149. The van der Waals surface area contributed by atoms with Crippen molar-refractivity contribution in [2.45, 2.75) is 19.3 Å².